The summed E-state index contributed by atoms with van der Waals surface area (Å²) in [6.07, 6.45) is 1.81. The second kappa shape index (κ2) is 6.47. The minimum atomic E-state index is 0.0210. The molecule has 0 spiro atoms. The predicted molar refractivity (Wildman–Crippen MR) is 88.0 cm³/mol. The Morgan fingerprint density at radius 3 is 2.68 bits per heavy atom. The second-order valence-corrected chi connectivity index (χ2v) is 5.57. The molecule has 2 aromatic rings. The lowest BCUT2D eigenvalue weighted by Crippen LogP contribution is -2.37. The maximum Gasteiger partial charge on any atom is 0.250 e. The van der Waals surface area contributed by atoms with Crippen LogP contribution in [0, 0.1) is 0 Å². The number of aliphatic imine (C=N–C) groups is 1. The lowest BCUT2D eigenvalue weighted by atomic mass is 10.1. The summed E-state index contributed by atoms with van der Waals surface area (Å²) in [6, 6.07) is 13.9. The van der Waals surface area contributed by atoms with Gasteiger partial charge in [-0.25, -0.2) is 0 Å². The topological polar surface area (TPSA) is 58.4 Å². The molecule has 114 valence electrons. The standard InChI is InChI=1S/C17H20N4O/c1-13-10-18-17(20-13)19-11-14-5-7-15(8-6-14)12-21-9-3-2-4-16(21)22/h2-9,13H,10-12H2,1H3,(H2,18,19,20). The highest BCUT2D eigenvalue weighted by atomic mass is 16.1. The number of nitrogens with one attached hydrogen (secondary N) is 2. The highest BCUT2D eigenvalue weighted by Gasteiger charge is 2.11. The molecule has 5 heteroatoms. The van der Waals surface area contributed by atoms with Crippen molar-refractivity contribution in [3.05, 3.63) is 70.1 Å². The summed E-state index contributed by atoms with van der Waals surface area (Å²) in [7, 11) is 0. The number of hydrogen-bond acceptors (Lipinski definition) is 4. The molecule has 1 aromatic carbocycles. The van der Waals surface area contributed by atoms with Crippen LogP contribution in [0.15, 0.2) is 58.4 Å². The number of hydrogen-bond donors (Lipinski definition) is 2. The molecule has 3 rings (SSSR count). The minimum Gasteiger partial charge on any atom is -0.352 e. The van der Waals surface area contributed by atoms with Crippen LogP contribution in [0.5, 0.6) is 0 Å². The summed E-state index contributed by atoms with van der Waals surface area (Å²) < 4.78 is 1.70. The molecule has 0 radical (unpaired) electrons. The molecular weight excluding hydrogens is 276 g/mol. The normalized spacial score (nSPS) is 17.0. The van der Waals surface area contributed by atoms with Crippen LogP contribution in [0.1, 0.15) is 18.1 Å². The Balaban J connectivity index is 1.58. The van der Waals surface area contributed by atoms with Crippen molar-refractivity contribution in [1.29, 1.82) is 0 Å². The van der Waals surface area contributed by atoms with E-state index in [-0.39, 0.29) is 5.56 Å². The lowest BCUT2D eigenvalue weighted by Gasteiger charge is -2.10. The van der Waals surface area contributed by atoms with Gasteiger partial charge >= 0.3 is 0 Å². The number of aromatic nitrogens is 1. The van der Waals surface area contributed by atoms with Crippen molar-refractivity contribution in [1.82, 2.24) is 15.2 Å². The van der Waals surface area contributed by atoms with Crippen LogP contribution >= 0.6 is 0 Å². The zero-order chi connectivity index (χ0) is 15.4. The molecule has 2 N–H and O–H groups in total. The molecule has 0 bridgehead atoms. The number of guanidine groups is 1. The van der Waals surface area contributed by atoms with Crippen LogP contribution in [-0.4, -0.2) is 23.1 Å². The van der Waals surface area contributed by atoms with E-state index in [0.717, 1.165) is 24.6 Å². The van der Waals surface area contributed by atoms with Gasteiger partial charge in [0.2, 0.25) is 0 Å². The first-order valence-corrected chi connectivity index (χ1v) is 7.49. The molecule has 1 aromatic heterocycles. The van der Waals surface area contributed by atoms with E-state index in [0.29, 0.717) is 12.6 Å². The van der Waals surface area contributed by atoms with E-state index >= 15 is 0 Å². The molecule has 2 heterocycles. The largest absolute Gasteiger partial charge is 0.352 e. The summed E-state index contributed by atoms with van der Waals surface area (Å²) in [6.45, 7) is 4.27. The van der Waals surface area contributed by atoms with Gasteiger partial charge in [0.15, 0.2) is 5.96 Å². The summed E-state index contributed by atoms with van der Waals surface area (Å²) in [5.41, 5.74) is 2.32. The summed E-state index contributed by atoms with van der Waals surface area (Å²) in [4.78, 5) is 16.1. The van der Waals surface area contributed by atoms with Crippen molar-refractivity contribution in [2.24, 2.45) is 4.99 Å². The molecule has 1 unspecified atom stereocenters. The Morgan fingerprint density at radius 2 is 2.00 bits per heavy atom. The van der Waals surface area contributed by atoms with E-state index in [9.17, 15) is 4.79 Å². The summed E-state index contributed by atoms with van der Waals surface area (Å²) in [5, 5.41) is 6.57. The van der Waals surface area contributed by atoms with Crippen LogP contribution in [0.4, 0.5) is 0 Å². The molecule has 1 aliphatic heterocycles. The Kier molecular flexibility index (Phi) is 4.23. The first kappa shape index (κ1) is 14.4. The third kappa shape index (κ3) is 3.55. The van der Waals surface area contributed by atoms with Crippen molar-refractivity contribution in [2.75, 3.05) is 6.54 Å². The lowest BCUT2D eigenvalue weighted by molar-refractivity contribution is 0.713. The fourth-order valence-electron chi connectivity index (χ4n) is 2.40. The van der Waals surface area contributed by atoms with E-state index < -0.39 is 0 Å². The summed E-state index contributed by atoms with van der Waals surface area (Å²) >= 11 is 0. The first-order chi connectivity index (χ1) is 10.7. The van der Waals surface area contributed by atoms with Gasteiger partial charge in [0.25, 0.3) is 5.56 Å². The molecule has 1 aliphatic rings. The molecular formula is C17H20N4O. The highest BCUT2D eigenvalue weighted by Crippen LogP contribution is 2.06. The van der Waals surface area contributed by atoms with E-state index in [1.165, 1.54) is 5.56 Å². The molecule has 1 atom stereocenters. The minimum absolute atomic E-state index is 0.0210. The van der Waals surface area contributed by atoms with Crippen LogP contribution in [-0.2, 0) is 13.1 Å². The monoisotopic (exact) mass is 296 g/mol. The van der Waals surface area contributed by atoms with Crippen molar-refractivity contribution in [3.8, 4) is 0 Å². The molecule has 5 nitrogen and oxygen atoms in total. The molecule has 0 amide bonds. The fraction of sp³-hybridized carbons (Fsp3) is 0.294. The van der Waals surface area contributed by atoms with Gasteiger partial charge in [0.05, 0.1) is 13.1 Å². The predicted octanol–water partition coefficient (Wildman–Crippen LogP) is 1.33. The molecule has 0 saturated carbocycles. The average Bonchev–Trinajstić information content (AvgIpc) is 2.94. The fourth-order valence-corrected chi connectivity index (χ4v) is 2.40. The maximum atomic E-state index is 11.7. The van der Waals surface area contributed by atoms with E-state index in [4.69, 9.17) is 0 Å². The van der Waals surface area contributed by atoms with Crippen LogP contribution in [0.25, 0.3) is 0 Å². The number of benzene rings is 1. The third-order valence-electron chi connectivity index (χ3n) is 3.64. The van der Waals surface area contributed by atoms with Gasteiger partial charge in [-0.3, -0.25) is 9.79 Å². The van der Waals surface area contributed by atoms with Crippen LogP contribution in [0.2, 0.25) is 0 Å². The first-order valence-electron chi connectivity index (χ1n) is 7.49. The zero-order valence-corrected chi connectivity index (χ0v) is 12.6. The van der Waals surface area contributed by atoms with Gasteiger partial charge < -0.3 is 15.2 Å². The molecule has 0 fully saturated rings. The van der Waals surface area contributed by atoms with E-state index in [2.05, 4.69) is 46.8 Å². The Labute approximate surface area is 129 Å². The van der Waals surface area contributed by atoms with Gasteiger partial charge in [-0.2, -0.15) is 0 Å². The van der Waals surface area contributed by atoms with E-state index in [1.54, 1.807) is 16.7 Å². The molecule has 22 heavy (non-hydrogen) atoms. The number of pyridine rings is 1. The van der Waals surface area contributed by atoms with Gasteiger partial charge in [-0.1, -0.05) is 30.3 Å². The average molecular weight is 296 g/mol. The third-order valence-corrected chi connectivity index (χ3v) is 3.64. The van der Waals surface area contributed by atoms with Gasteiger partial charge in [-0.15, -0.1) is 0 Å². The number of nitrogens with zero attached hydrogens (tertiary/aromatic N) is 2. The second-order valence-electron chi connectivity index (χ2n) is 5.57. The van der Waals surface area contributed by atoms with Crippen LogP contribution < -0.4 is 16.2 Å². The van der Waals surface area contributed by atoms with Gasteiger partial charge in [0.1, 0.15) is 0 Å². The van der Waals surface area contributed by atoms with Crippen LogP contribution in [0.3, 0.4) is 0 Å². The highest BCUT2D eigenvalue weighted by molar-refractivity contribution is 5.81. The number of rotatable bonds is 4. The quantitative estimate of drug-likeness (QED) is 0.895. The van der Waals surface area contributed by atoms with Gasteiger partial charge in [-0.05, 0) is 24.1 Å². The van der Waals surface area contributed by atoms with Crippen molar-refractivity contribution < 1.29 is 0 Å². The Bertz CT molecular complexity index is 718. The van der Waals surface area contributed by atoms with Gasteiger partial charge in [0, 0.05) is 24.8 Å². The maximum absolute atomic E-state index is 11.7. The SMILES string of the molecule is CC1CN=C(NCc2ccc(Cn3ccccc3=O)cc2)N1. The van der Waals surface area contributed by atoms with E-state index in [1.807, 2.05) is 12.3 Å². The Morgan fingerprint density at radius 1 is 1.23 bits per heavy atom. The zero-order valence-electron chi connectivity index (χ0n) is 12.6. The van der Waals surface area contributed by atoms with Crippen molar-refractivity contribution >= 4 is 5.96 Å². The Hall–Kier alpha value is -2.56. The van der Waals surface area contributed by atoms with Crippen molar-refractivity contribution in [3.63, 3.8) is 0 Å². The molecule has 0 aliphatic carbocycles. The smallest absolute Gasteiger partial charge is 0.250 e. The van der Waals surface area contributed by atoms with Crippen molar-refractivity contribution in [2.45, 2.75) is 26.1 Å². The summed E-state index contributed by atoms with van der Waals surface area (Å²) in [5.74, 6) is 0.868. The molecule has 0 saturated heterocycles.